The molecule has 2 aromatic carbocycles. The minimum absolute atomic E-state index is 0.135. The van der Waals surface area contributed by atoms with Crippen molar-refractivity contribution in [1.29, 1.82) is 0 Å². The van der Waals surface area contributed by atoms with Crippen LogP contribution >= 0.6 is 0 Å². The average Bonchev–Trinajstić information content (AvgIpc) is 2.62. The van der Waals surface area contributed by atoms with Gasteiger partial charge in [0.1, 0.15) is 11.5 Å². The number of amides is 1. The lowest BCUT2D eigenvalue weighted by Crippen LogP contribution is -2.29. The van der Waals surface area contributed by atoms with Gasteiger partial charge in [0.15, 0.2) is 0 Å². The van der Waals surface area contributed by atoms with Crippen LogP contribution < -0.4 is 4.74 Å². The van der Waals surface area contributed by atoms with Gasteiger partial charge in [-0.1, -0.05) is 36.4 Å². The predicted molar refractivity (Wildman–Crippen MR) is 90.2 cm³/mol. The van der Waals surface area contributed by atoms with Gasteiger partial charge in [0, 0.05) is 5.56 Å². The summed E-state index contributed by atoms with van der Waals surface area (Å²) in [6, 6.07) is 15.6. The van der Waals surface area contributed by atoms with E-state index in [0.717, 1.165) is 41.0 Å². The molecule has 0 spiro atoms. The number of benzene rings is 2. The normalized spacial score (nSPS) is 12.8. The van der Waals surface area contributed by atoms with Crippen LogP contribution in [0.15, 0.2) is 54.1 Å². The SMILES string of the molecule is COC(=O)N(O)CC1=Cc2cccc(Oc3ccccc3)c2CC1. The summed E-state index contributed by atoms with van der Waals surface area (Å²) in [6.07, 6.45) is 2.76. The molecule has 0 bridgehead atoms. The standard InChI is InChI=1S/C19H19NO4/c1-23-19(21)20(22)13-14-10-11-17-15(12-14)6-5-9-18(17)24-16-7-3-2-4-8-16/h2-9,12,22H,10-11,13H2,1H3. The van der Waals surface area contributed by atoms with Crippen molar-refractivity contribution in [2.75, 3.05) is 13.7 Å². The maximum Gasteiger partial charge on any atom is 0.433 e. The van der Waals surface area contributed by atoms with Gasteiger partial charge in [-0.25, -0.2) is 4.79 Å². The van der Waals surface area contributed by atoms with Crippen LogP contribution in [-0.4, -0.2) is 30.0 Å². The Balaban J connectivity index is 1.80. The molecule has 0 atom stereocenters. The van der Waals surface area contributed by atoms with E-state index in [2.05, 4.69) is 4.74 Å². The maximum atomic E-state index is 11.3. The topological polar surface area (TPSA) is 59.0 Å². The molecule has 0 aromatic heterocycles. The summed E-state index contributed by atoms with van der Waals surface area (Å²) in [5.41, 5.74) is 3.14. The minimum atomic E-state index is -0.761. The molecule has 0 unspecified atom stereocenters. The zero-order valence-electron chi connectivity index (χ0n) is 13.4. The lowest BCUT2D eigenvalue weighted by Gasteiger charge is -2.22. The van der Waals surface area contributed by atoms with Gasteiger partial charge in [-0.2, -0.15) is 5.06 Å². The molecular formula is C19H19NO4. The van der Waals surface area contributed by atoms with E-state index in [1.54, 1.807) is 0 Å². The zero-order chi connectivity index (χ0) is 16.9. The van der Waals surface area contributed by atoms with Gasteiger partial charge >= 0.3 is 6.09 Å². The van der Waals surface area contributed by atoms with Crippen LogP contribution in [0.5, 0.6) is 11.5 Å². The monoisotopic (exact) mass is 325 g/mol. The second-order valence-electron chi connectivity index (χ2n) is 5.57. The summed E-state index contributed by atoms with van der Waals surface area (Å²) in [4.78, 5) is 11.3. The zero-order valence-corrected chi connectivity index (χ0v) is 13.4. The first-order valence-electron chi connectivity index (χ1n) is 7.76. The van der Waals surface area contributed by atoms with Crippen molar-refractivity contribution >= 4 is 12.2 Å². The molecule has 0 saturated heterocycles. The fourth-order valence-corrected chi connectivity index (χ4v) is 2.76. The van der Waals surface area contributed by atoms with Crippen molar-refractivity contribution in [2.24, 2.45) is 0 Å². The Kier molecular flexibility index (Phi) is 4.82. The average molecular weight is 325 g/mol. The van der Waals surface area contributed by atoms with Crippen molar-refractivity contribution in [3.8, 4) is 11.5 Å². The molecule has 3 rings (SSSR count). The van der Waals surface area contributed by atoms with Gasteiger partial charge < -0.3 is 9.47 Å². The van der Waals surface area contributed by atoms with Gasteiger partial charge in [0.2, 0.25) is 0 Å². The molecule has 0 heterocycles. The van der Waals surface area contributed by atoms with E-state index in [1.807, 2.05) is 54.6 Å². The number of methoxy groups -OCH3 is 1. The smallest absolute Gasteiger partial charge is 0.433 e. The number of carbonyl (C=O) groups excluding carboxylic acids is 1. The Hall–Kier alpha value is -2.79. The third-order valence-corrected chi connectivity index (χ3v) is 3.93. The summed E-state index contributed by atoms with van der Waals surface area (Å²) in [5.74, 6) is 1.63. The highest BCUT2D eigenvalue weighted by Gasteiger charge is 2.19. The van der Waals surface area contributed by atoms with Crippen LogP contribution in [-0.2, 0) is 11.2 Å². The lowest BCUT2D eigenvalue weighted by atomic mass is 9.91. The first-order chi connectivity index (χ1) is 11.7. The molecule has 2 aromatic rings. The molecule has 0 aliphatic heterocycles. The number of hydrogen-bond acceptors (Lipinski definition) is 4. The summed E-state index contributed by atoms with van der Waals surface area (Å²) in [6.45, 7) is 0.135. The Morgan fingerprint density at radius 3 is 2.67 bits per heavy atom. The minimum Gasteiger partial charge on any atom is -0.457 e. The second kappa shape index (κ2) is 7.19. The van der Waals surface area contributed by atoms with E-state index in [-0.39, 0.29) is 6.54 Å². The molecular weight excluding hydrogens is 306 g/mol. The van der Waals surface area contributed by atoms with E-state index < -0.39 is 6.09 Å². The summed E-state index contributed by atoms with van der Waals surface area (Å²) < 4.78 is 10.5. The van der Waals surface area contributed by atoms with Crippen LogP contribution in [0.1, 0.15) is 17.5 Å². The van der Waals surface area contributed by atoms with E-state index in [4.69, 9.17) is 4.74 Å². The Labute approximate surface area is 140 Å². The Morgan fingerprint density at radius 1 is 1.12 bits per heavy atom. The molecule has 0 radical (unpaired) electrons. The van der Waals surface area contributed by atoms with Crippen LogP contribution in [0, 0.1) is 0 Å². The number of nitrogens with zero attached hydrogens (tertiary/aromatic N) is 1. The highest BCUT2D eigenvalue weighted by molar-refractivity contribution is 5.68. The molecule has 1 N–H and O–H groups in total. The van der Waals surface area contributed by atoms with Crippen molar-refractivity contribution < 1.29 is 19.5 Å². The molecule has 24 heavy (non-hydrogen) atoms. The molecule has 0 saturated carbocycles. The van der Waals surface area contributed by atoms with Crippen LogP contribution in [0.2, 0.25) is 0 Å². The Morgan fingerprint density at radius 2 is 1.92 bits per heavy atom. The summed E-state index contributed by atoms with van der Waals surface area (Å²) in [5, 5.41) is 10.2. The first-order valence-corrected chi connectivity index (χ1v) is 7.76. The van der Waals surface area contributed by atoms with Crippen molar-refractivity contribution in [2.45, 2.75) is 12.8 Å². The molecule has 5 nitrogen and oxygen atoms in total. The molecule has 0 fully saturated rings. The van der Waals surface area contributed by atoms with Crippen molar-refractivity contribution in [1.82, 2.24) is 5.06 Å². The van der Waals surface area contributed by atoms with E-state index in [9.17, 15) is 10.0 Å². The summed E-state index contributed by atoms with van der Waals surface area (Å²) >= 11 is 0. The quantitative estimate of drug-likeness (QED) is 0.674. The highest BCUT2D eigenvalue weighted by atomic mass is 16.6. The third kappa shape index (κ3) is 3.58. The number of hydroxylamine groups is 2. The molecule has 1 aliphatic rings. The van der Waals surface area contributed by atoms with Gasteiger partial charge in [0.25, 0.3) is 0 Å². The molecule has 5 heteroatoms. The third-order valence-electron chi connectivity index (χ3n) is 3.93. The fraction of sp³-hybridized carbons (Fsp3) is 0.211. The molecule has 124 valence electrons. The van der Waals surface area contributed by atoms with E-state index in [1.165, 1.54) is 7.11 Å². The predicted octanol–water partition coefficient (Wildman–Crippen LogP) is 4.27. The largest absolute Gasteiger partial charge is 0.457 e. The van der Waals surface area contributed by atoms with Crippen LogP contribution in [0.25, 0.3) is 6.08 Å². The molecule has 1 amide bonds. The highest BCUT2D eigenvalue weighted by Crippen LogP contribution is 2.33. The number of carbonyl (C=O) groups is 1. The number of ether oxygens (including phenoxy) is 2. The van der Waals surface area contributed by atoms with Gasteiger partial charge in [-0.3, -0.25) is 5.21 Å². The van der Waals surface area contributed by atoms with E-state index in [0.29, 0.717) is 5.06 Å². The fourth-order valence-electron chi connectivity index (χ4n) is 2.76. The van der Waals surface area contributed by atoms with Gasteiger partial charge in [-0.05, 0) is 42.2 Å². The number of hydrogen-bond donors (Lipinski definition) is 1. The number of fused-ring (bicyclic) bond motifs is 1. The lowest BCUT2D eigenvalue weighted by molar-refractivity contribution is -0.0621. The first kappa shape index (κ1) is 16.1. The number of rotatable bonds is 4. The second-order valence-corrected chi connectivity index (χ2v) is 5.57. The van der Waals surface area contributed by atoms with Crippen molar-refractivity contribution in [3.63, 3.8) is 0 Å². The Bertz CT molecular complexity index is 755. The van der Waals surface area contributed by atoms with E-state index >= 15 is 0 Å². The van der Waals surface area contributed by atoms with Crippen LogP contribution in [0.4, 0.5) is 4.79 Å². The van der Waals surface area contributed by atoms with Gasteiger partial charge in [0.05, 0.1) is 13.7 Å². The summed E-state index contributed by atoms with van der Waals surface area (Å²) in [7, 11) is 1.24. The van der Waals surface area contributed by atoms with Crippen LogP contribution in [0.3, 0.4) is 0 Å². The van der Waals surface area contributed by atoms with Crippen molar-refractivity contribution in [3.05, 3.63) is 65.2 Å². The van der Waals surface area contributed by atoms with Gasteiger partial charge in [-0.15, -0.1) is 0 Å². The molecule has 1 aliphatic carbocycles. The number of para-hydroxylation sites is 1. The maximum absolute atomic E-state index is 11.3.